The Hall–Kier alpha value is -3.30. The molecular formula is C28H26BrNO6S. The van der Waals surface area contributed by atoms with Crippen molar-refractivity contribution in [2.24, 2.45) is 0 Å². The van der Waals surface area contributed by atoms with Crippen molar-refractivity contribution in [2.75, 3.05) is 13.7 Å². The minimum atomic E-state index is -0.616. The average Bonchev–Trinajstić information content (AvgIpc) is 3.14. The number of hydrogen-bond donors (Lipinski definition) is 0. The minimum absolute atomic E-state index is 0.208. The van der Waals surface area contributed by atoms with Crippen molar-refractivity contribution in [3.05, 3.63) is 75.1 Å². The molecule has 0 aliphatic carbocycles. The molecule has 37 heavy (non-hydrogen) atoms. The summed E-state index contributed by atoms with van der Waals surface area (Å²) in [6, 6.07) is 17.7. The number of amides is 2. The SMILES string of the molecule is CC[C@H](C)OC(=O)CN1C(=O)S/C(=C/c2cc(Br)c(OCc3cccc4ccccc34)c(OC)c2)C1=O. The van der Waals surface area contributed by atoms with Crippen LogP contribution in [0, 0.1) is 0 Å². The number of halogens is 1. The highest BCUT2D eigenvalue weighted by atomic mass is 79.9. The van der Waals surface area contributed by atoms with Crippen molar-refractivity contribution >= 4 is 61.7 Å². The Morgan fingerprint density at radius 1 is 1.14 bits per heavy atom. The summed E-state index contributed by atoms with van der Waals surface area (Å²) >= 11 is 4.33. The molecular weight excluding hydrogens is 558 g/mol. The minimum Gasteiger partial charge on any atom is -0.493 e. The van der Waals surface area contributed by atoms with E-state index in [2.05, 4.69) is 34.1 Å². The molecule has 4 rings (SSSR count). The molecule has 0 bridgehead atoms. The zero-order valence-corrected chi connectivity index (χ0v) is 23.1. The van der Waals surface area contributed by atoms with Gasteiger partial charge in [-0.3, -0.25) is 19.3 Å². The van der Waals surface area contributed by atoms with Crippen LogP contribution in [-0.4, -0.2) is 41.8 Å². The number of esters is 1. The molecule has 1 heterocycles. The lowest BCUT2D eigenvalue weighted by molar-refractivity contribution is -0.150. The van der Waals surface area contributed by atoms with Crippen LogP contribution < -0.4 is 9.47 Å². The zero-order valence-electron chi connectivity index (χ0n) is 20.7. The van der Waals surface area contributed by atoms with Crippen molar-refractivity contribution < 1.29 is 28.6 Å². The van der Waals surface area contributed by atoms with Crippen LogP contribution in [0.3, 0.4) is 0 Å². The molecule has 0 radical (unpaired) electrons. The number of fused-ring (bicyclic) bond motifs is 1. The topological polar surface area (TPSA) is 82.1 Å². The van der Waals surface area contributed by atoms with Crippen molar-refractivity contribution in [1.29, 1.82) is 0 Å². The van der Waals surface area contributed by atoms with Crippen LogP contribution in [0.5, 0.6) is 11.5 Å². The Morgan fingerprint density at radius 3 is 2.65 bits per heavy atom. The zero-order chi connectivity index (χ0) is 26.5. The molecule has 1 saturated heterocycles. The first kappa shape index (κ1) is 26.8. The van der Waals surface area contributed by atoms with E-state index in [9.17, 15) is 14.4 Å². The third-order valence-electron chi connectivity index (χ3n) is 5.87. The van der Waals surface area contributed by atoms with Crippen LogP contribution in [0.4, 0.5) is 4.79 Å². The summed E-state index contributed by atoms with van der Waals surface area (Å²) in [4.78, 5) is 38.4. The number of hydrogen-bond acceptors (Lipinski definition) is 7. The van der Waals surface area contributed by atoms with E-state index in [1.54, 1.807) is 25.1 Å². The van der Waals surface area contributed by atoms with E-state index in [1.165, 1.54) is 7.11 Å². The first-order chi connectivity index (χ1) is 17.8. The second-order valence-electron chi connectivity index (χ2n) is 8.44. The second-order valence-corrected chi connectivity index (χ2v) is 10.3. The first-order valence-corrected chi connectivity index (χ1v) is 13.3. The van der Waals surface area contributed by atoms with Gasteiger partial charge in [-0.15, -0.1) is 0 Å². The summed E-state index contributed by atoms with van der Waals surface area (Å²) < 4.78 is 17.5. The van der Waals surface area contributed by atoms with Crippen LogP contribution in [-0.2, 0) is 20.9 Å². The number of ether oxygens (including phenoxy) is 3. The summed E-state index contributed by atoms with van der Waals surface area (Å²) in [5.74, 6) is -0.164. The molecule has 0 saturated carbocycles. The van der Waals surface area contributed by atoms with E-state index >= 15 is 0 Å². The Bertz CT molecular complexity index is 1380. The normalized spacial score (nSPS) is 15.4. The monoisotopic (exact) mass is 583 g/mol. The van der Waals surface area contributed by atoms with Gasteiger partial charge in [0, 0.05) is 0 Å². The van der Waals surface area contributed by atoms with E-state index in [-0.39, 0.29) is 11.0 Å². The second kappa shape index (κ2) is 11.8. The molecule has 2 amide bonds. The number of nitrogens with zero attached hydrogens (tertiary/aromatic N) is 1. The number of methoxy groups -OCH3 is 1. The van der Waals surface area contributed by atoms with Gasteiger partial charge in [0.1, 0.15) is 13.2 Å². The number of carbonyl (C=O) groups is 3. The molecule has 1 fully saturated rings. The largest absolute Gasteiger partial charge is 0.493 e. The highest BCUT2D eigenvalue weighted by Gasteiger charge is 2.37. The Kier molecular flexibility index (Phi) is 8.56. The molecule has 0 spiro atoms. The third-order valence-corrected chi connectivity index (χ3v) is 7.37. The predicted molar refractivity (Wildman–Crippen MR) is 147 cm³/mol. The molecule has 1 aliphatic heterocycles. The lowest BCUT2D eigenvalue weighted by Gasteiger charge is -2.15. The fourth-order valence-electron chi connectivity index (χ4n) is 3.79. The molecule has 1 aliphatic rings. The van der Waals surface area contributed by atoms with E-state index < -0.39 is 23.7 Å². The van der Waals surface area contributed by atoms with Crippen molar-refractivity contribution in [3.63, 3.8) is 0 Å². The van der Waals surface area contributed by atoms with Gasteiger partial charge in [-0.25, -0.2) is 0 Å². The summed E-state index contributed by atoms with van der Waals surface area (Å²) in [6.07, 6.45) is 1.95. The molecule has 0 aromatic heterocycles. The fourth-order valence-corrected chi connectivity index (χ4v) is 5.21. The smallest absolute Gasteiger partial charge is 0.326 e. The van der Waals surface area contributed by atoms with Crippen LogP contribution in [0.1, 0.15) is 31.4 Å². The van der Waals surface area contributed by atoms with E-state index in [1.807, 2.05) is 31.2 Å². The van der Waals surface area contributed by atoms with Gasteiger partial charge < -0.3 is 14.2 Å². The van der Waals surface area contributed by atoms with Gasteiger partial charge in [-0.2, -0.15) is 0 Å². The van der Waals surface area contributed by atoms with Crippen LogP contribution in [0.2, 0.25) is 0 Å². The maximum atomic E-state index is 12.8. The van der Waals surface area contributed by atoms with Crippen molar-refractivity contribution in [2.45, 2.75) is 33.0 Å². The van der Waals surface area contributed by atoms with Gasteiger partial charge in [-0.05, 0) is 81.1 Å². The molecule has 3 aromatic rings. The maximum absolute atomic E-state index is 12.8. The molecule has 3 aromatic carbocycles. The number of rotatable bonds is 9. The molecule has 9 heteroatoms. The summed E-state index contributed by atoms with van der Waals surface area (Å²) in [5, 5.41) is 1.73. The molecule has 7 nitrogen and oxygen atoms in total. The highest BCUT2D eigenvalue weighted by molar-refractivity contribution is 9.10. The highest BCUT2D eigenvalue weighted by Crippen LogP contribution is 2.39. The van der Waals surface area contributed by atoms with Gasteiger partial charge in [0.15, 0.2) is 11.5 Å². The number of imide groups is 1. The molecule has 192 valence electrons. The van der Waals surface area contributed by atoms with Gasteiger partial charge in [-0.1, -0.05) is 49.4 Å². The van der Waals surface area contributed by atoms with E-state index in [0.29, 0.717) is 34.6 Å². The third kappa shape index (κ3) is 6.17. The first-order valence-electron chi connectivity index (χ1n) is 11.7. The molecule has 0 N–H and O–H groups in total. The van der Waals surface area contributed by atoms with Crippen LogP contribution in [0.15, 0.2) is 64.0 Å². The fraction of sp³-hybridized carbons (Fsp3) is 0.250. The Balaban J connectivity index is 1.52. The lowest BCUT2D eigenvalue weighted by atomic mass is 10.1. The average molecular weight is 584 g/mol. The standard InChI is InChI=1S/C28H26BrNO6S/c1-4-17(2)36-25(31)15-30-27(32)24(37-28(30)33)14-18-12-22(29)26(23(13-18)34-3)35-16-20-10-7-9-19-8-5-6-11-21(19)20/h5-14,17H,4,15-16H2,1-3H3/b24-14+/t17-/m0/s1. The number of thioether (sulfide) groups is 1. The lowest BCUT2D eigenvalue weighted by Crippen LogP contribution is -2.35. The molecule has 0 unspecified atom stereocenters. The van der Waals surface area contributed by atoms with E-state index in [4.69, 9.17) is 14.2 Å². The van der Waals surface area contributed by atoms with Gasteiger partial charge >= 0.3 is 5.97 Å². The summed E-state index contributed by atoms with van der Waals surface area (Å²) in [6.45, 7) is 3.56. The summed E-state index contributed by atoms with van der Waals surface area (Å²) in [7, 11) is 1.53. The van der Waals surface area contributed by atoms with Gasteiger partial charge in [0.2, 0.25) is 0 Å². The van der Waals surface area contributed by atoms with E-state index in [0.717, 1.165) is 33.0 Å². The molecule has 1 atom stereocenters. The van der Waals surface area contributed by atoms with Gasteiger partial charge in [0.05, 0.1) is 22.6 Å². The van der Waals surface area contributed by atoms with Gasteiger partial charge in [0.25, 0.3) is 11.1 Å². The van der Waals surface area contributed by atoms with Crippen LogP contribution >= 0.6 is 27.7 Å². The predicted octanol–water partition coefficient (Wildman–Crippen LogP) is 6.57. The Labute approximate surface area is 227 Å². The van der Waals surface area contributed by atoms with Crippen LogP contribution in [0.25, 0.3) is 16.8 Å². The number of carbonyl (C=O) groups excluding carboxylic acids is 3. The maximum Gasteiger partial charge on any atom is 0.326 e. The summed E-state index contributed by atoms with van der Waals surface area (Å²) in [5.41, 5.74) is 1.67. The quantitative estimate of drug-likeness (QED) is 0.208. The van der Waals surface area contributed by atoms with Crippen molar-refractivity contribution in [1.82, 2.24) is 4.90 Å². The Morgan fingerprint density at radius 2 is 1.89 bits per heavy atom. The van der Waals surface area contributed by atoms with Crippen molar-refractivity contribution in [3.8, 4) is 11.5 Å². The number of benzene rings is 3.